The van der Waals surface area contributed by atoms with E-state index in [1.54, 1.807) is 0 Å². The highest BCUT2D eigenvalue weighted by atomic mass is 35.5. The van der Waals surface area contributed by atoms with Crippen LogP contribution in [-0.4, -0.2) is 58.8 Å². The Kier molecular flexibility index (Phi) is 7.94. The molecule has 212 valence electrons. The normalized spacial score (nSPS) is 22.3. The molecule has 2 aliphatic carbocycles. The Hall–Kier alpha value is -2.79. The zero-order valence-corrected chi connectivity index (χ0v) is 24.0. The summed E-state index contributed by atoms with van der Waals surface area (Å²) in [5, 5.41) is 15.8. The third-order valence-electron chi connectivity index (χ3n) is 8.42. The van der Waals surface area contributed by atoms with E-state index in [2.05, 4.69) is 39.1 Å². The Morgan fingerprint density at radius 1 is 1.05 bits per heavy atom. The van der Waals surface area contributed by atoms with Crippen LogP contribution < -0.4 is 10.6 Å². The van der Waals surface area contributed by atoms with E-state index in [1.165, 1.54) is 70.9 Å². The Labute approximate surface area is 240 Å². The predicted octanol–water partition coefficient (Wildman–Crippen LogP) is 3.62. The molecule has 1 unspecified atom stereocenters. The lowest BCUT2D eigenvalue weighted by atomic mass is 9.86. The van der Waals surface area contributed by atoms with E-state index >= 15 is 0 Å². The van der Waals surface area contributed by atoms with Crippen molar-refractivity contribution in [2.75, 3.05) is 13.1 Å². The molecule has 2 aromatic carbocycles. The number of sulfonamides is 1. The number of halogens is 1. The van der Waals surface area contributed by atoms with E-state index in [9.17, 15) is 13.2 Å². The number of amides is 1. The van der Waals surface area contributed by atoms with Crippen LogP contribution in [0.2, 0.25) is 5.02 Å². The summed E-state index contributed by atoms with van der Waals surface area (Å²) in [6.07, 6.45) is 10.3. The average Bonchev–Trinajstić information content (AvgIpc) is 3.65. The maximum absolute atomic E-state index is 13.4. The van der Waals surface area contributed by atoms with Crippen LogP contribution >= 0.6 is 11.6 Å². The van der Waals surface area contributed by atoms with Crippen molar-refractivity contribution >= 4 is 27.5 Å². The van der Waals surface area contributed by atoms with Crippen LogP contribution in [0, 0.1) is 0 Å². The highest BCUT2D eigenvalue weighted by molar-refractivity contribution is 7.89. The van der Waals surface area contributed by atoms with Crippen molar-refractivity contribution in [1.29, 1.82) is 0 Å². The number of nitrogens with one attached hydrogen (secondary N) is 2. The Morgan fingerprint density at radius 3 is 2.65 bits per heavy atom. The molecule has 2 atom stereocenters. The maximum atomic E-state index is 13.4. The minimum Gasteiger partial charge on any atom is -0.353 e. The van der Waals surface area contributed by atoms with E-state index in [1.807, 2.05) is 10.9 Å². The van der Waals surface area contributed by atoms with Gasteiger partial charge in [0.2, 0.25) is 15.9 Å². The summed E-state index contributed by atoms with van der Waals surface area (Å²) in [5.41, 5.74) is 4.51. The zero-order valence-electron chi connectivity index (χ0n) is 22.4. The highest BCUT2D eigenvalue weighted by Gasteiger charge is 2.39. The fourth-order valence-electron chi connectivity index (χ4n) is 6.29. The first kappa shape index (κ1) is 27.4. The molecule has 11 heteroatoms. The number of piperazine rings is 1. The van der Waals surface area contributed by atoms with Gasteiger partial charge in [0.1, 0.15) is 6.04 Å². The molecule has 9 nitrogen and oxygen atoms in total. The van der Waals surface area contributed by atoms with Gasteiger partial charge in [-0.05, 0) is 73.1 Å². The van der Waals surface area contributed by atoms with Crippen LogP contribution in [0.1, 0.15) is 67.0 Å². The molecule has 2 N–H and O–H groups in total. The number of hydrogen-bond donors (Lipinski definition) is 2. The third kappa shape index (κ3) is 5.68. The van der Waals surface area contributed by atoms with Gasteiger partial charge in [-0.1, -0.05) is 47.9 Å². The first-order valence-corrected chi connectivity index (χ1v) is 16.0. The predicted molar refractivity (Wildman–Crippen MR) is 152 cm³/mol. The number of aromatic nitrogens is 3. The van der Waals surface area contributed by atoms with Gasteiger partial charge in [0.25, 0.3) is 0 Å². The van der Waals surface area contributed by atoms with Crippen molar-refractivity contribution in [2.45, 2.75) is 80.9 Å². The molecule has 40 heavy (non-hydrogen) atoms. The zero-order chi connectivity index (χ0) is 27.7. The second-order valence-electron chi connectivity index (χ2n) is 11.1. The Balaban J connectivity index is 1.18. The van der Waals surface area contributed by atoms with Crippen LogP contribution in [0.5, 0.6) is 0 Å². The quantitative estimate of drug-likeness (QED) is 0.420. The molecule has 1 saturated heterocycles. The lowest BCUT2D eigenvalue weighted by Crippen LogP contribution is -2.57. The molecule has 2 heterocycles. The van der Waals surface area contributed by atoms with Gasteiger partial charge >= 0.3 is 0 Å². The van der Waals surface area contributed by atoms with E-state index in [-0.39, 0.29) is 36.4 Å². The first-order chi connectivity index (χ1) is 19.4. The summed E-state index contributed by atoms with van der Waals surface area (Å²) in [5.74, 6) is -0.333. The lowest BCUT2D eigenvalue weighted by molar-refractivity contribution is -0.126. The van der Waals surface area contributed by atoms with Crippen LogP contribution in [-0.2, 0) is 34.2 Å². The van der Waals surface area contributed by atoms with Crippen molar-refractivity contribution in [3.8, 4) is 0 Å². The average molecular weight is 583 g/mol. The highest BCUT2D eigenvalue weighted by Crippen LogP contribution is 2.33. The van der Waals surface area contributed by atoms with Gasteiger partial charge in [-0.15, -0.1) is 5.10 Å². The number of nitrogens with zero attached hydrogens (tertiary/aromatic N) is 4. The van der Waals surface area contributed by atoms with Crippen molar-refractivity contribution < 1.29 is 13.2 Å². The Bertz CT molecular complexity index is 1470. The van der Waals surface area contributed by atoms with E-state index in [4.69, 9.17) is 11.6 Å². The number of aryl methyl sites for hydroxylation is 1. The van der Waals surface area contributed by atoms with Crippen molar-refractivity contribution in [2.24, 2.45) is 0 Å². The molecular weight excluding hydrogens is 548 g/mol. The molecule has 6 rings (SSSR count). The van der Waals surface area contributed by atoms with Crippen molar-refractivity contribution in [3.05, 3.63) is 76.1 Å². The number of benzene rings is 2. The van der Waals surface area contributed by atoms with Crippen LogP contribution in [0.4, 0.5) is 0 Å². The van der Waals surface area contributed by atoms with Gasteiger partial charge in [-0.25, -0.2) is 13.1 Å². The minimum atomic E-state index is -3.90. The summed E-state index contributed by atoms with van der Waals surface area (Å²) in [6, 6.07) is 12.6. The lowest BCUT2D eigenvalue weighted by Gasteiger charge is -2.33. The third-order valence-corrected chi connectivity index (χ3v) is 10.6. The fourth-order valence-corrected chi connectivity index (χ4v) is 8.01. The molecule has 2 fully saturated rings. The summed E-state index contributed by atoms with van der Waals surface area (Å²) in [6.45, 7) is 1.34. The van der Waals surface area contributed by atoms with Crippen molar-refractivity contribution in [3.63, 3.8) is 0 Å². The molecule has 1 saturated carbocycles. The largest absolute Gasteiger partial charge is 0.353 e. The summed E-state index contributed by atoms with van der Waals surface area (Å²) < 4.78 is 30.0. The number of carbonyl (C=O) groups excluding carboxylic acids is 1. The number of carbonyl (C=O) groups is 1. The molecule has 1 amide bonds. The number of fused-ring (bicyclic) bond motifs is 1. The molecular formula is C29H35ClN6O3S. The molecule has 3 aliphatic rings. The van der Waals surface area contributed by atoms with Crippen LogP contribution in [0.15, 0.2) is 53.6 Å². The summed E-state index contributed by atoms with van der Waals surface area (Å²) >= 11 is 5.96. The van der Waals surface area contributed by atoms with Gasteiger partial charge in [0, 0.05) is 43.3 Å². The fraction of sp³-hybridized carbons (Fsp3) is 0.483. The topological polar surface area (TPSA) is 109 Å². The smallest absolute Gasteiger partial charge is 0.243 e. The molecule has 3 aromatic rings. The van der Waals surface area contributed by atoms with E-state index in [0.29, 0.717) is 16.8 Å². The van der Waals surface area contributed by atoms with Gasteiger partial charge in [-0.3, -0.25) is 4.79 Å². The monoisotopic (exact) mass is 582 g/mol. The second-order valence-corrected chi connectivity index (χ2v) is 13.4. The molecule has 0 bridgehead atoms. The minimum absolute atomic E-state index is 0.0657. The molecule has 0 spiro atoms. The van der Waals surface area contributed by atoms with Gasteiger partial charge in [-0.2, -0.15) is 4.31 Å². The van der Waals surface area contributed by atoms with Gasteiger partial charge < -0.3 is 10.6 Å². The number of rotatable bonds is 8. The van der Waals surface area contributed by atoms with Gasteiger partial charge in [0.05, 0.1) is 16.6 Å². The van der Waals surface area contributed by atoms with Gasteiger partial charge in [0.15, 0.2) is 0 Å². The summed E-state index contributed by atoms with van der Waals surface area (Å²) in [4.78, 5) is 13.0. The maximum Gasteiger partial charge on any atom is 0.243 e. The number of hydrogen-bond acceptors (Lipinski definition) is 6. The first-order valence-electron chi connectivity index (χ1n) is 14.2. The standard InChI is InChI=1S/C29H35ClN6O3S/c30-22-9-11-25(12-10-22)40(38,39)36-15-14-31-29(37)28(36)17-24-19-35(34-33-24)27-7-3-4-21-16-20(8-13-26(21)27)18-32-23-5-1-2-6-23/h8-13,16,19,23,27-28,32H,1-7,14-15,17-18H2,(H,31,37)/t27?,28-/m1/s1. The van der Waals surface area contributed by atoms with Crippen LogP contribution in [0.3, 0.4) is 0 Å². The summed E-state index contributed by atoms with van der Waals surface area (Å²) in [7, 11) is -3.90. The second kappa shape index (κ2) is 11.6. The molecule has 1 aromatic heterocycles. The SMILES string of the molecule is O=C1NCCN(S(=O)(=O)c2ccc(Cl)cc2)[C@@H]1Cc1cn(C2CCCc3cc(CNC4CCCC4)ccc32)nn1. The van der Waals surface area contributed by atoms with Crippen LogP contribution in [0.25, 0.3) is 0 Å². The van der Waals surface area contributed by atoms with E-state index < -0.39 is 16.1 Å². The molecule has 1 aliphatic heterocycles. The van der Waals surface area contributed by atoms with Crippen molar-refractivity contribution in [1.82, 2.24) is 29.9 Å². The molecule has 0 radical (unpaired) electrons. The van der Waals surface area contributed by atoms with E-state index in [0.717, 1.165) is 25.8 Å². The Morgan fingerprint density at radius 2 is 1.85 bits per heavy atom.